The average Bonchev–Trinajstić information content (AvgIpc) is 2.53. The maximum Gasteiger partial charge on any atom is 0.148 e. The molecule has 20 heavy (non-hydrogen) atoms. The summed E-state index contributed by atoms with van der Waals surface area (Å²) < 4.78 is 11.6. The van der Waals surface area contributed by atoms with Gasteiger partial charge in [0.2, 0.25) is 0 Å². The minimum absolute atomic E-state index is 0.127. The van der Waals surface area contributed by atoms with Gasteiger partial charge in [-0.25, -0.2) is 0 Å². The SMILES string of the molecule is N#Cc1cnc2ccccc2c1OCC1CCCCO1. The molecule has 0 amide bonds. The van der Waals surface area contributed by atoms with E-state index in [2.05, 4.69) is 11.1 Å². The van der Waals surface area contributed by atoms with Gasteiger partial charge in [0.1, 0.15) is 24.0 Å². The summed E-state index contributed by atoms with van der Waals surface area (Å²) in [6.07, 6.45) is 5.01. The second-order valence-electron chi connectivity index (χ2n) is 4.93. The maximum absolute atomic E-state index is 9.21. The highest BCUT2D eigenvalue weighted by atomic mass is 16.5. The molecule has 1 atom stereocenters. The molecule has 0 radical (unpaired) electrons. The predicted octanol–water partition coefficient (Wildman–Crippen LogP) is 3.05. The van der Waals surface area contributed by atoms with Crippen LogP contribution in [0.15, 0.2) is 30.5 Å². The number of hydrogen-bond donors (Lipinski definition) is 0. The van der Waals surface area contributed by atoms with Gasteiger partial charge in [-0.1, -0.05) is 12.1 Å². The number of para-hydroxylation sites is 1. The molecule has 1 unspecified atom stereocenters. The van der Waals surface area contributed by atoms with Gasteiger partial charge in [0.15, 0.2) is 0 Å². The number of nitrogens with zero attached hydrogens (tertiary/aromatic N) is 2. The lowest BCUT2D eigenvalue weighted by Crippen LogP contribution is -2.26. The minimum Gasteiger partial charge on any atom is -0.489 e. The first-order valence-corrected chi connectivity index (χ1v) is 6.91. The van der Waals surface area contributed by atoms with Crippen molar-refractivity contribution in [2.75, 3.05) is 13.2 Å². The molecule has 1 fully saturated rings. The summed E-state index contributed by atoms with van der Waals surface area (Å²) in [6, 6.07) is 9.85. The number of hydrogen-bond acceptors (Lipinski definition) is 4. The van der Waals surface area contributed by atoms with Gasteiger partial charge < -0.3 is 9.47 Å². The van der Waals surface area contributed by atoms with Gasteiger partial charge in [-0.15, -0.1) is 0 Å². The summed E-state index contributed by atoms with van der Waals surface area (Å²) in [5.74, 6) is 0.618. The number of rotatable bonds is 3. The third-order valence-corrected chi connectivity index (χ3v) is 3.53. The van der Waals surface area contributed by atoms with E-state index < -0.39 is 0 Å². The van der Waals surface area contributed by atoms with E-state index in [1.54, 1.807) is 6.20 Å². The van der Waals surface area contributed by atoms with E-state index in [-0.39, 0.29) is 6.10 Å². The summed E-state index contributed by atoms with van der Waals surface area (Å²) in [7, 11) is 0. The molecule has 1 aromatic heterocycles. The highest BCUT2D eigenvalue weighted by Crippen LogP contribution is 2.28. The molecule has 0 N–H and O–H groups in total. The van der Waals surface area contributed by atoms with Crippen LogP contribution in [-0.2, 0) is 4.74 Å². The first-order chi connectivity index (χ1) is 9.88. The molecule has 0 saturated carbocycles. The maximum atomic E-state index is 9.21. The predicted molar refractivity (Wildman–Crippen MR) is 75.5 cm³/mol. The third kappa shape index (κ3) is 2.59. The van der Waals surface area contributed by atoms with Crippen molar-refractivity contribution in [1.29, 1.82) is 5.26 Å². The van der Waals surface area contributed by atoms with E-state index in [1.165, 1.54) is 6.42 Å². The van der Waals surface area contributed by atoms with Crippen molar-refractivity contribution in [2.45, 2.75) is 25.4 Å². The average molecular weight is 268 g/mol. The fourth-order valence-corrected chi connectivity index (χ4v) is 2.47. The molecule has 0 aliphatic carbocycles. The van der Waals surface area contributed by atoms with E-state index in [4.69, 9.17) is 9.47 Å². The standard InChI is InChI=1S/C16H16N2O2/c17-9-12-10-18-15-7-2-1-6-14(15)16(12)20-11-13-5-3-4-8-19-13/h1-2,6-7,10,13H,3-5,8,11H2. The fourth-order valence-electron chi connectivity index (χ4n) is 2.47. The number of aromatic nitrogens is 1. The Hall–Kier alpha value is -2.12. The largest absolute Gasteiger partial charge is 0.489 e. The molecule has 2 heterocycles. The van der Waals surface area contributed by atoms with Gasteiger partial charge in [-0.2, -0.15) is 5.26 Å². The Morgan fingerprint density at radius 3 is 3.05 bits per heavy atom. The fraction of sp³-hybridized carbons (Fsp3) is 0.375. The number of pyridine rings is 1. The summed E-state index contributed by atoms with van der Waals surface area (Å²) in [4.78, 5) is 4.27. The summed E-state index contributed by atoms with van der Waals surface area (Å²) in [5.41, 5.74) is 1.31. The van der Waals surface area contributed by atoms with Crippen LogP contribution in [0.3, 0.4) is 0 Å². The molecule has 0 bridgehead atoms. The van der Waals surface area contributed by atoms with Crippen LogP contribution in [0.1, 0.15) is 24.8 Å². The Bertz CT molecular complexity index is 642. The van der Waals surface area contributed by atoms with E-state index in [0.717, 1.165) is 30.4 Å². The topological polar surface area (TPSA) is 55.1 Å². The van der Waals surface area contributed by atoms with Crippen LogP contribution < -0.4 is 4.74 Å². The molecule has 102 valence electrons. The Morgan fingerprint density at radius 1 is 1.35 bits per heavy atom. The Labute approximate surface area is 118 Å². The molecule has 2 aromatic rings. The first-order valence-electron chi connectivity index (χ1n) is 6.91. The summed E-state index contributed by atoms with van der Waals surface area (Å²) in [5, 5.41) is 10.1. The van der Waals surface area contributed by atoms with E-state index >= 15 is 0 Å². The molecule has 1 aliphatic heterocycles. The van der Waals surface area contributed by atoms with Crippen molar-refractivity contribution in [1.82, 2.24) is 4.98 Å². The highest BCUT2D eigenvalue weighted by Gasteiger charge is 2.16. The van der Waals surface area contributed by atoms with Crippen LogP contribution in [0.4, 0.5) is 0 Å². The van der Waals surface area contributed by atoms with Gasteiger partial charge in [-0.3, -0.25) is 4.98 Å². The lowest BCUT2D eigenvalue weighted by molar-refractivity contribution is -0.0108. The second kappa shape index (κ2) is 5.89. The van der Waals surface area contributed by atoms with Crippen LogP contribution in [0.25, 0.3) is 10.9 Å². The van der Waals surface area contributed by atoms with Crippen molar-refractivity contribution in [3.05, 3.63) is 36.0 Å². The van der Waals surface area contributed by atoms with Crippen LogP contribution >= 0.6 is 0 Å². The van der Waals surface area contributed by atoms with Crippen LogP contribution in [0, 0.1) is 11.3 Å². The van der Waals surface area contributed by atoms with Crippen molar-refractivity contribution >= 4 is 10.9 Å². The molecular weight excluding hydrogens is 252 g/mol. The molecule has 0 spiro atoms. The van der Waals surface area contributed by atoms with Crippen LogP contribution in [0.2, 0.25) is 0 Å². The van der Waals surface area contributed by atoms with Crippen molar-refractivity contribution in [3.63, 3.8) is 0 Å². The normalized spacial score (nSPS) is 18.6. The molecule has 1 aromatic carbocycles. The molecular formula is C16H16N2O2. The van der Waals surface area contributed by atoms with Crippen LogP contribution in [0.5, 0.6) is 5.75 Å². The summed E-state index contributed by atoms with van der Waals surface area (Å²) in [6.45, 7) is 1.29. The smallest absolute Gasteiger partial charge is 0.148 e. The molecule has 1 saturated heterocycles. The molecule has 3 rings (SSSR count). The first kappa shape index (κ1) is 12.9. The molecule has 4 heteroatoms. The molecule has 4 nitrogen and oxygen atoms in total. The third-order valence-electron chi connectivity index (χ3n) is 3.53. The van der Waals surface area contributed by atoms with E-state index in [0.29, 0.717) is 17.9 Å². The van der Waals surface area contributed by atoms with Crippen LogP contribution in [-0.4, -0.2) is 24.3 Å². The quantitative estimate of drug-likeness (QED) is 0.858. The lowest BCUT2D eigenvalue weighted by Gasteiger charge is -2.23. The lowest BCUT2D eigenvalue weighted by atomic mass is 10.1. The number of ether oxygens (including phenoxy) is 2. The zero-order chi connectivity index (χ0) is 13.8. The zero-order valence-corrected chi connectivity index (χ0v) is 11.2. The zero-order valence-electron chi connectivity index (χ0n) is 11.2. The van der Waals surface area contributed by atoms with Crippen molar-refractivity contribution in [2.24, 2.45) is 0 Å². The monoisotopic (exact) mass is 268 g/mol. The number of nitriles is 1. The van der Waals surface area contributed by atoms with Gasteiger partial charge in [0.05, 0.1) is 11.6 Å². The minimum atomic E-state index is 0.127. The van der Waals surface area contributed by atoms with Gasteiger partial charge in [0, 0.05) is 18.2 Å². The number of benzene rings is 1. The Balaban J connectivity index is 1.87. The second-order valence-corrected chi connectivity index (χ2v) is 4.93. The molecule has 1 aliphatic rings. The van der Waals surface area contributed by atoms with Crippen molar-refractivity contribution < 1.29 is 9.47 Å². The van der Waals surface area contributed by atoms with Gasteiger partial charge in [-0.05, 0) is 31.4 Å². The number of fused-ring (bicyclic) bond motifs is 1. The Morgan fingerprint density at radius 2 is 2.25 bits per heavy atom. The summed E-state index contributed by atoms with van der Waals surface area (Å²) >= 11 is 0. The van der Waals surface area contributed by atoms with Gasteiger partial charge in [0.25, 0.3) is 0 Å². The van der Waals surface area contributed by atoms with E-state index in [9.17, 15) is 5.26 Å². The van der Waals surface area contributed by atoms with Gasteiger partial charge >= 0.3 is 0 Å². The highest BCUT2D eigenvalue weighted by molar-refractivity contribution is 5.87. The van der Waals surface area contributed by atoms with Crippen molar-refractivity contribution in [3.8, 4) is 11.8 Å². The van der Waals surface area contributed by atoms with E-state index in [1.807, 2.05) is 24.3 Å². The Kier molecular flexibility index (Phi) is 3.80.